The van der Waals surface area contributed by atoms with Gasteiger partial charge in [-0.05, 0) is 25.1 Å². The van der Waals surface area contributed by atoms with Crippen molar-refractivity contribution in [2.45, 2.75) is 19.6 Å². The molecule has 1 aliphatic rings. The maximum Gasteiger partial charge on any atom is 0.253 e. The summed E-state index contributed by atoms with van der Waals surface area (Å²) in [4.78, 5) is 18.2. The molecule has 1 unspecified atom stereocenters. The molecule has 22 heavy (non-hydrogen) atoms. The van der Waals surface area contributed by atoms with Crippen LogP contribution in [0, 0.1) is 0 Å². The van der Waals surface area contributed by atoms with Crippen LogP contribution in [0.4, 0.5) is 5.69 Å². The molecule has 0 spiro atoms. The van der Waals surface area contributed by atoms with Crippen LogP contribution in [0.5, 0.6) is 5.88 Å². The molecular weight excluding hydrogens is 284 g/mol. The summed E-state index contributed by atoms with van der Waals surface area (Å²) in [7, 11) is 1.84. The number of carbonyl (C=O) groups excluding carboxylic acids is 1. The van der Waals surface area contributed by atoms with Gasteiger partial charge in [-0.2, -0.15) is 5.10 Å². The van der Waals surface area contributed by atoms with Gasteiger partial charge in [0.05, 0.1) is 18.8 Å². The summed E-state index contributed by atoms with van der Waals surface area (Å²) in [5.74, 6) is 0.382. The predicted octanol–water partition coefficient (Wildman–Crippen LogP) is 1.15. The SMILES string of the molecule is CC1CN(C(=O)COCc2ccnn2C)c2cccnc2O1. The third-order valence-electron chi connectivity index (χ3n) is 3.49. The number of anilines is 1. The van der Waals surface area contributed by atoms with Crippen molar-refractivity contribution in [3.05, 3.63) is 36.3 Å². The van der Waals surface area contributed by atoms with E-state index in [1.54, 1.807) is 28.0 Å². The molecule has 0 radical (unpaired) electrons. The molecule has 0 saturated heterocycles. The molecule has 3 rings (SSSR count). The first-order valence-electron chi connectivity index (χ1n) is 7.12. The van der Waals surface area contributed by atoms with Gasteiger partial charge in [0.25, 0.3) is 5.91 Å². The third kappa shape index (κ3) is 2.94. The molecule has 2 aromatic heterocycles. The first-order valence-corrected chi connectivity index (χ1v) is 7.12. The number of carbonyl (C=O) groups is 1. The number of aromatic nitrogens is 3. The average Bonchev–Trinajstić information content (AvgIpc) is 2.91. The summed E-state index contributed by atoms with van der Waals surface area (Å²) >= 11 is 0. The second-order valence-electron chi connectivity index (χ2n) is 5.20. The van der Waals surface area contributed by atoms with Gasteiger partial charge in [0.1, 0.15) is 18.4 Å². The lowest BCUT2D eigenvalue weighted by Crippen LogP contribution is -2.44. The largest absolute Gasteiger partial charge is 0.471 e. The number of pyridine rings is 1. The smallest absolute Gasteiger partial charge is 0.253 e. The van der Waals surface area contributed by atoms with E-state index in [-0.39, 0.29) is 18.6 Å². The highest BCUT2D eigenvalue weighted by atomic mass is 16.5. The Hall–Kier alpha value is -2.41. The minimum Gasteiger partial charge on any atom is -0.471 e. The molecule has 0 aliphatic carbocycles. The van der Waals surface area contributed by atoms with E-state index in [9.17, 15) is 4.79 Å². The van der Waals surface area contributed by atoms with Crippen LogP contribution in [0.15, 0.2) is 30.6 Å². The standard InChI is InChI=1S/C15H18N4O3/c1-11-8-19(13-4-3-6-16-15(13)22-11)14(20)10-21-9-12-5-7-17-18(12)2/h3-7,11H,8-10H2,1-2H3. The highest BCUT2D eigenvalue weighted by Gasteiger charge is 2.28. The van der Waals surface area contributed by atoms with Crippen LogP contribution in [0.2, 0.25) is 0 Å². The maximum atomic E-state index is 12.4. The van der Waals surface area contributed by atoms with Crippen LogP contribution < -0.4 is 9.64 Å². The van der Waals surface area contributed by atoms with Crippen molar-refractivity contribution >= 4 is 11.6 Å². The van der Waals surface area contributed by atoms with Crippen LogP contribution in [0.1, 0.15) is 12.6 Å². The van der Waals surface area contributed by atoms with Gasteiger partial charge >= 0.3 is 0 Å². The molecule has 1 amide bonds. The van der Waals surface area contributed by atoms with Crippen molar-refractivity contribution in [3.63, 3.8) is 0 Å². The molecular formula is C15H18N4O3. The van der Waals surface area contributed by atoms with Crippen LogP contribution in [-0.2, 0) is 23.2 Å². The van der Waals surface area contributed by atoms with Crippen molar-refractivity contribution in [2.75, 3.05) is 18.1 Å². The van der Waals surface area contributed by atoms with Crippen molar-refractivity contribution in [1.29, 1.82) is 0 Å². The quantitative estimate of drug-likeness (QED) is 0.847. The maximum absolute atomic E-state index is 12.4. The van der Waals surface area contributed by atoms with Crippen molar-refractivity contribution in [3.8, 4) is 5.88 Å². The summed E-state index contributed by atoms with van der Waals surface area (Å²) < 4.78 is 12.9. The molecule has 0 fully saturated rings. The predicted molar refractivity (Wildman–Crippen MR) is 79.5 cm³/mol. The van der Waals surface area contributed by atoms with Crippen LogP contribution in [-0.4, -0.2) is 39.9 Å². The number of ether oxygens (including phenoxy) is 2. The lowest BCUT2D eigenvalue weighted by atomic mass is 10.2. The van der Waals surface area contributed by atoms with Gasteiger partial charge < -0.3 is 14.4 Å². The van der Waals surface area contributed by atoms with Gasteiger partial charge in [0.15, 0.2) is 0 Å². The van der Waals surface area contributed by atoms with Crippen molar-refractivity contribution < 1.29 is 14.3 Å². The van der Waals surface area contributed by atoms with Crippen LogP contribution >= 0.6 is 0 Å². The Morgan fingerprint density at radius 2 is 2.32 bits per heavy atom. The van der Waals surface area contributed by atoms with Gasteiger partial charge in [-0.15, -0.1) is 0 Å². The topological polar surface area (TPSA) is 69.5 Å². The van der Waals surface area contributed by atoms with Gasteiger partial charge in [-0.3, -0.25) is 9.48 Å². The fraction of sp³-hybridized carbons (Fsp3) is 0.400. The molecule has 116 valence electrons. The van der Waals surface area contributed by atoms with E-state index >= 15 is 0 Å². The minimum absolute atomic E-state index is 0.00618. The number of aryl methyl sites for hydroxylation is 1. The number of rotatable bonds is 4. The molecule has 3 heterocycles. The van der Waals surface area contributed by atoms with Gasteiger partial charge in [0, 0.05) is 19.4 Å². The highest BCUT2D eigenvalue weighted by Crippen LogP contribution is 2.30. The number of hydrogen-bond donors (Lipinski definition) is 0. The molecule has 0 aromatic carbocycles. The zero-order chi connectivity index (χ0) is 15.5. The van der Waals surface area contributed by atoms with E-state index in [4.69, 9.17) is 9.47 Å². The Labute approximate surface area is 128 Å². The minimum atomic E-state index is -0.105. The molecule has 1 aliphatic heterocycles. The Kier molecular flexibility index (Phi) is 4.06. The zero-order valence-electron chi connectivity index (χ0n) is 12.6. The fourth-order valence-electron chi connectivity index (χ4n) is 2.36. The summed E-state index contributed by atoms with van der Waals surface area (Å²) in [6.45, 7) is 2.76. The summed E-state index contributed by atoms with van der Waals surface area (Å²) in [6, 6.07) is 5.47. The molecule has 2 aromatic rings. The number of amides is 1. The first kappa shape index (κ1) is 14.5. The second-order valence-corrected chi connectivity index (χ2v) is 5.20. The average molecular weight is 302 g/mol. The molecule has 0 saturated carbocycles. The van der Waals surface area contributed by atoms with Gasteiger partial charge in [-0.1, -0.05) is 0 Å². The van der Waals surface area contributed by atoms with E-state index in [1.807, 2.05) is 26.1 Å². The fourth-order valence-corrected chi connectivity index (χ4v) is 2.36. The lowest BCUT2D eigenvalue weighted by Gasteiger charge is -2.32. The number of nitrogens with zero attached hydrogens (tertiary/aromatic N) is 4. The van der Waals surface area contributed by atoms with E-state index in [2.05, 4.69) is 10.1 Å². The molecule has 7 heteroatoms. The molecule has 0 N–H and O–H groups in total. The number of fused-ring (bicyclic) bond motifs is 1. The van der Waals surface area contributed by atoms with Gasteiger partial charge in [0.2, 0.25) is 5.88 Å². The van der Waals surface area contributed by atoms with Crippen LogP contribution in [0.3, 0.4) is 0 Å². The summed E-state index contributed by atoms with van der Waals surface area (Å²) in [5.41, 5.74) is 1.61. The van der Waals surface area contributed by atoms with E-state index in [1.165, 1.54) is 0 Å². The Balaban J connectivity index is 1.64. The first-order chi connectivity index (χ1) is 10.6. The third-order valence-corrected chi connectivity index (χ3v) is 3.49. The summed E-state index contributed by atoms with van der Waals surface area (Å²) in [6.07, 6.45) is 3.26. The normalized spacial score (nSPS) is 17.0. The molecule has 0 bridgehead atoms. The summed E-state index contributed by atoms with van der Waals surface area (Å²) in [5, 5.41) is 4.06. The number of hydrogen-bond acceptors (Lipinski definition) is 5. The van der Waals surface area contributed by atoms with E-state index in [0.717, 1.165) is 5.69 Å². The lowest BCUT2D eigenvalue weighted by molar-refractivity contribution is -0.124. The second kappa shape index (κ2) is 6.15. The van der Waals surface area contributed by atoms with Gasteiger partial charge in [-0.25, -0.2) is 4.98 Å². The monoisotopic (exact) mass is 302 g/mol. The molecule has 7 nitrogen and oxygen atoms in total. The Bertz CT molecular complexity index is 670. The Morgan fingerprint density at radius 3 is 3.09 bits per heavy atom. The van der Waals surface area contributed by atoms with Crippen molar-refractivity contribution in [2.24, 2.45) is 7.05 Å². The van der Waals surface area contributed by atoms with Crippen molar-refractivity contribution in [1.82, 2.24) is 14.8 Å². The molecule has 1 atom stereocenters. The Morgan fingerprint density at radius 1 is 1.45 bits per heavy atom. The van der Waals surface area contributed by atoms with Crippen LogP contribution in [0.25, 0.3) is 0 Å². The van der Waals surface area contributed by atoms with E-state index < -0.39 is 0 Å². The zero-order valence-corrected chi connectivity index (χ0v) is 12.6. The highest BCUT2D eigenvalue weighted by molar-refractivity contribution is 5.95. The van der Waals surface area contributed by atoms with E-state index in [0.29, 0.717) is 24.7 Å².